The molecule has 0 aromatic heterocycles. The van der Waals surface area contributed by atoms with E-state index in [9.17, 15) is 9.90 Å². The van der Waals surface area contributed by atoms with Crippen LogP contribution in [0.5, 0.6) is 11.5 Å². The van der Waals surface area contributed by atoms with E-state index in [1.807, 2.05) is 42.5 Å². The fraction of sp³-hybridized carbons (Fsp3) is 0.536. The fourth-order valence-corrected chi connectivity index (χ4v) is 6.26. The molecule has 0 amide bonds. The highest BCUT2D eigenvalue weighted by molar-refractivity contribution is 5.72. The van der Waals surface area contributed by atoms with Gasteiger partial charge in [-0.2, -0.15) is 0 Å². The van der Waals surface area contributed by atoms with Crippen LogP contribution in [0.4, 0.5) is 0 Å². The summed E-state index contributed by atoms with van der Waals surface area (Å²) in [5, 5.41) is 9.93. The summed E-state index contributed by atoms with van der Waals surface area (Å²) in [6, 6.07) is 16.0. The third-order valence-corrected chi connectivity index (χ3v) is 7.78. The van der Waals surface area contributed by atoms with E-state index < -0.39 is 17.9 Å². The second kappa shape index (κ2) is 9.76. The second-order valence-electron chi connectivity index (χ2n) is 9.80. The number of carboxylic acid groups (broad SMARTS) is 1. The number of benzene rings is 2. The Labute approximate surface area is 196 Å². The van der Waals surface area contributed by atoms with Crippen LogP contribution in [0, 0.1) is 11.8 Å². The molecule has 3 aliphatic rings. The fourth-order valence-electron chi connectivity index (χ4n) is 6.26. The minimum absolute atomic E-state index is 0.315. The van der Waals surface area contributed by atoms with Gasteiger partial charge in [0.2, 0.25) is 0 Å². The van der Waals surface area contributed by atoms with Gasteiger partial charge in [0.15, 0.2) is 0 Å². The molecule has 2 aromatic carbocycles. The number of fused-ring (bicyclic) bond motifs is 1. The van der Waals surface area contributed by atoms with Crippen molar-refractivity contribution in [3.05, 3.63) is 59.7 Å². The number of carbonyl (C=O) groups is 1. The van der Waals surface area contributed by atoms with Gasteiger partial charge in [-0.15, -0.1) is 0 Å². The van der Waals surface area contributed by atoms with Crippen LogP contribution in [0.2, 0.25) is 0 Å². The Hall–Kier alpha value is -2.53. The van der Waals surface area contributed by atoms with Crippen LogP contribution >= 0.6 is 0 Å². The quantitative estimate of drug-likeness (QED) is 0.548. The summed E-state index contributed by atoms with van der Waals surface area (Å²) in [6.07, 6.45) is 10.2. The van der Waals surface area contributed by atoms with Crippen molar-refractivity contribution >= 4 is 5.97 Å². The molecule has 2 saturated carbocycles. The molecule has 0 radical (unpaired) electrons. The largest absolute Gasteiger partial charge is 0.489 e. The van der Waals surface area contributed by atoms with E-state index in [-0.39, 0.29) is 0 Å². The summed E-state index contributed by atoms with van der Waals surface area (Å²) in [5.41, 5.74) is 1.50. The summed E-state index contributed by atoms with van der Waals surface area (Å²) >= 11 is 0. The Balaban J connectivity index is 1.52. The highest BCUT2D eigenvalue weighted by atomic mass is 16.7. The molecule has 33 heavy (non-hydrogen) atoms. The van der Waals surface area contributed by atoms with E-state index in [4.69, 9.17) is 14.2 Å². The first kappa shape index (κ1) is 22.3. The topological polar surface area (TPSA) is 65.0 Å². The van der Waals surface area contributed by atoms with Crippen LogP contribution in [0.1, 0.15) is 75.3 Å². The van der Waals surface area contributed by atoms with Crippen molar-refractivity contribution in [3.8, 4) is 11.5 Å². The van der Waals surface area contributed by atoms with Gasteiger partial charge in [-0.25, -0.2) is 4.79 Å². The van der Waals surface area contributed by atoms with Crippen molar-refractivity contribution in [3.63, 3.8) is 0 Å². The molecule has 1 aliphatic heterocycles. The number of hydrogen-bond donors (Lipinski definition) is 1. The lowest BCUT2D eigenvalue weighted by Gasteiger charge is -2.52. The van der Waals surface area contributed by atoms with Gasteiger partial charge in [-0.05, 0) is 55.2 Å². The lowest BCUT2D eigenvalue weighted by atomic mass is 9.63. The monoisotopic (exact) mass is 450 g/mol. The number of ether oxygens (including phenoxy) is 3. The summed E-state index contributed by atoms with van der Waals surface area (Å²) in [5.74, 6) is 0.859. The van der Waals surface area contributed by atoms with E-state index in [1.165, 1.54) is 38.5 Å². The number of aliphatic carboxylic acids is 1. The maximum atomic E-state index is 12.1. The van der Waals surface area contributed by atoms with Crippen molar-refractivity contribution < 1.29 is 24.1 Å². The van der Waals surface area contributed by atoms with Crippen molar-refractivity contribution in [2.45, 2.75) is 82.7 Å². The molecule has 5 nitrogen and oxygen atoms in total. The molecule has 2 aliphatic carbocycles. The molecule has 2 fully saturated rings. The van der Waals surface area contributed by atoms with Gasteiger partial charge in [0.05, 0.1) is 0 Å². The lowest BCUT2D eigenvalue weighted by Crippen LogP contribution is -2.54. The Morgan fingerprint density at radius 2 is 1.55 bits per heavy atom. The van der Waals surface area contributed by atoms with Crippen LogP contribution in [-0.2, 0) is 21.7 Å². The number of rotatable bonds is 6. The molecular weight excluding hydrogens is 416 g/mol. The van der Waals surface area contributed by atoms with Crippen LogP contribution in [0.25, 0.3) is 0 Å². The lowest BCUT2D eigenvalue weighted by molar-refractivity contribution is -0.252. The van der Waals surface area contributed by atoms with Gasteiger partial charge >= 0.3 is 5.97 Å². The Morgan fingerprint density at radius 1 is 0.909 bits per heavy atom. The Morgan fingerprint density at radius 3 is 2.15 bits per heavy atom. The predicted octanol–water partition coefficient (Wildman–Crippen LogP) is 6.44. The highest BCUT2D eigenvalue weighted by Gasteiger charge is 2.54. The van der Waals surface area contributed by atoms with E-state index in [1.54, 1.807) is 0 Å². The summed E-state index contributed by atoms with van der Waals surface area (Å²) in [7, 11) is 0. The predicted molar refractivity (Wildman–Crippen MR) is 125 cm³/mol. The smallest absolute Gasteiger partial charge is 0.373 e. The molecule has 2 aromatic rings. The summed E-state index contributed by atoms with van der Waals surface area (Å²) in [4.78, 5) is 12.1. The molecule has 0 saturated heterocycles. The van der Waals surface area contributed by atoms with Crippen molar-refractivity contribution in [2.24, 2.45) is 11.8 Å². The molecule has 1 atom stereocenters. The molecular formula is C28H34O5. The molecule has 176 valence electrons. The SMILES string of the molecule is O=C(O)C1Oc2cc(OCc3ccccc3)ccc2C(C2CCCCC2)(C2CCCCC2)O1. The first-order chi connectivity index (χ1) is 16.2. The van der Waals surface area contributed by atoms with Gasteiger partial charge in [-0.1, -0.05) is 68.9 Å². The maximum Gasteiger partial charge on any atom is 0.373 e. The Bertz CT molecular complexity index is 926. The van der Waals surface area contributed by atoms with E-state index in [2.05, 4.69) is 6.07 Å². The van der Waals surface area contributed by atoms with E-state index in [0.29, 0.717) is 29.9 Å². The second-order valence-corrected chi connectivity index (χ2v) is 9.80. The normalized spacial score (nSPS) is 23.3. The molecule has 0 spiro atoms. The zero-order chi connectivity index (χ0) is 22.7. The highest BCUT2D eigenvalue weighted by Crippen LogP contribution is 2.56. The molecule has 1 unspecified atom stereocenters. The average molecular weight is 451 g/mol. The standard InChI is InChI=1S/C28H34O5/c29-26(30)27-32-25-18-23(31-19-20-10-4-1-5-11-20)16-17-24(25)28(33-27,21-12-6-2-7-13-21)22-14-8-3-9-15-22/h1,4-5,10-11,16-18,21-22,27H,2-3,6-9,12-15,19H2,(H,29,30). The maximum absolute atomic E-state index is 12.1. The van der Waals surface area contributed by atoms with Gasteiger partial charge in [0.1, 0.15) is 23.7 Å². The molecule has 0 bridgehead atoms. The molecule has 5 heteroatoms. The van der Waals surface area contributed by atoms with Crippen molar-refractivity contribution in [2.75, 3.05) is 0 Å². The van der Waals surface area contributed by atoms with E-state index in [0.717, 1.165) is 36.8 Å². The van der Waals surface area contributed by atoms with Crippen LogP contribution in [-0.4, -0.2) is 17.4 Å². The average Bonchev–Trinajstić information content (AvgIpc) is 2.88. The zero-order valence-electron chi connectivity index (χ0n) is 19.2. The van der Waals surface area contributed by atoms with Gasteiger partial charge in [-0.3, -0.25) is 0 Å². The molecule has 1 heterocycles. The first-order valence-corrected chi connectivity index (χ1v) is 12.6. The van der Waals surface area contributed by atoms with Crippen LogP contribution < -0.4 is 9.47 Å². The van der Waals surface area contributed by atoms with Crippen LogP contribution in [0.15, 0.2) is 48.5 Å². The minimum atomic E-state index is -1.29. The number of hydrogen-bond acceptors (Lipinski definition) is 4. The number of carboxylic acids is 1. The Kier molecular flexibility index (Phi) is 6.59. The van der Waals surface area contributed by atoms with Gasteiger partial charge in [0.25, 0.3) is 6.29 Å². The first-order valence-electron chi connectivity index (χ1n) is 12.6. The zero-order valence-corrected chi connectivity index (χ0v) is 19.2. The van der Waals surface area contributed by atoms with Crippen molar-refractivity contribution in [1.82, 2.24) is 0 Å². The third-order valence-electron chi connectivity index (χ3n) is 7.78. The summed E-state index contributed by atoms with van der Waals surface area (Å²) in [6.45, 7) is 0.453. The molecule has 5 rings (SSSR count). The van der Waals surface area contributed by atoms with E-state index >= 15 is 0 Å². The van der Waals surface area contributed by atoms with Crippen molar-refractivity contribution in [1.29, 1.82) is 0 Å². The van der Waals surface area contributed by atoms with Gasteiger partial charge in [0, 0.05) is 11.6 Å². The van der Waals surface area contributed by atoms with Crippen LogP contribution in [0.3, 0.4) is 0 Å². The minimum Gasteiger partial charge on any atom is -0.489 e. The van der Waals surface area contributed by atoms with Gasteiger partial charge < -0.3 is 19.3 Å². The molecule has 1 N–H and O–H groups in total. The third kappa shape index (κ3) is 4.48. The summed E-state index contributed by atoms with van der Waals surface area (Å²) < 4.78 is 18.5.